The Morgan fingerprint density at radius 2 is 2.05 bits per heavy atom. The van der Waals surface area contributed by atoms with Gasteiger partial charge in [0.2, 0.25) is 15.9 Å². The maximum absolute atomic E-state index is 12.1. The van der Waals surface area contributed by atoms with Crippen molar-refractivity contribution < 1.29 is 13.2 Å². The molecular formula is C15H23N3O3S. The van der Waals surface area contributed by atoms with Gasteiger partial charge in [-0.3, -0.25) is 9.78 Å². The van der Waals surface area contributed by atoms with Crippen molar-refractivity contribution in [3.8, 4) is 0 Å². The molecule has 1 aliphatic heterocycles. The molecule has 1 aromatic heterocycles. The molecule has 0 aromatic carbocycles. The minimum Gasteiger partial charge on any atom is -0.345 e. The van der Waals surface area contributed by atoms with Crippen molar-refractivity contribution in [3.63, 3.8) is 0 Å². The third kappa shape index (κ3) is 4.78. The third-order valence-corrected chi connectivity index (χ3v) is 5.90. The average Bonchev–Trinajstić information content (AvgIpc) is 2.52. The van der Waals surface area contributed by atoms with Crippen LogP contribution in [0.15, 0.2) is 24.5 Å². The highest BCUT2D eigenvalue weighted by Crippen LogP contribution is 2.14. The lowest BCUT2D eigenvalue weighted by atomic mass is 10.2. The lowest BCUT2D eigenvalue weighted by Gasteiger charge is -2.26. The molecule has 0 N–H and O–H groups in total. The molecule has 0 spiro atoms. The number of rotatable bonds is 6. The Kier molecular flexibility index (Phi) is 5.90. The van der Waals surface area contributed by atoms with Crippen LogP contribution in [0.3, 0.4) is 0 Å². The first kappa shape index (κ1) is 16.9. The molecule has 0 unspecified atom stereocenters. The van der Waals surface area contributed by atoms with Crippen LogP contribution in [-0.4, -0.2) is 60.9 Å². The number of aromatic nitrogens is 1. The average molecular weight is 325 g/mol. The van der Waals surface area contributed by atoms with Crippen molar-refractivity contribution in [2.45, 2.75) is 25.7 Å². The zero-order valence-corrected chi connectivity index (χ0v) is 13.8. The molecule has 0 saturated carbocycles. The molecule has 22 heavy (non-hydrogen) atoms. The highest BCUT2D eigenvalue weighted by atomic mass is 32.2. The van der Waals surface area contributed by atoms with E-state index < -0.39 is 10.0 Å². The van der Waals surface area contributed by atoms with Gasteiger partial charge in [0.25, 0.3) is 0 Å². The van der Waals surface area contributed by atoms with Crippen molar-refractivity contribution >= 4 is 15.9 Å². The van der Waals surface area contributed by atoms with Crippen LogP contribution in [0.5, 0.6) is 0 Å². The summed E-state index contributed by atoms with van der Waals surface area (Å²) in [4.78, 5) is 17.7. The highest BCUT2D eigenvalue weighted by Gasteiger charge is 2.26. The molecule has 1 fully saturated rings. The van der Waals surface area contributed by atoms with Crippen LogP contribution in [-0.2, 0) is 21.2 Å². The molecule has 1 amide bonds. The summed E-state index contributed by atoms with van der Waals surface area (Å²) in [5, 5.41) is 0. The summed E-state index contributed by atoms with van der Waals surface area (Å²) in [6, 6.07) is 3.86. The van der Waals surface area contributed by atoms with Crippen molar-refractivity contribution in [1.29, 1.82) is 0 Å². The predicted octanol–water partition coefficient (Wildman–Crippen LogP) is 0.898. The number of carbonyl (C=O) groups is 1. The van der Waals surface area contributed by atoms with Crippen LogP contribution < -0.4 is 0 Å². The Morgan fingerprint density at radius 3 is 2.73 bits per heavy atom. The van der Waals surface area contributed by atoms with Gasteiger partial charge < -0.3 is 4.90 Å². The maximum Gasteiger partial charge on any atom is 0.223 e. The van der Waals surface area contributed by atoms with E-state index in [0.29, 0.717) is 19.6 Å². The lowest BCUT2D eigenvalue weighted by Crippen LogP contribution is -2.40. The van der Waals surface area contributed by atoms with Crippen molar-refractivity contribution in [2.75, 3.05) is 32.4 Å². The van der Waals surface area contributed by atoms with Gasteiger partial charge in [-0.1, -0.05) is 0 Å². The van der Waals surface area contributed by atoms with Gasteiger partial charge in [-0.25, -0.2) is 12.7 Å². The first-order valence-corrected chi connectivity index (χ1v) is 9.20. The van der Waals surface area contributed by atoms with E-state index in [1.54, 1.807) is 24.3 Å². The van der Waals surface area contributed by atoms with E-state index in [9.17, 15) is 13.2 Å². The van der Waals surface area contributed by atoms with Crippen LogP contribution in [0.1, 0.15) is 24.8 Å². The second kappa shape index (κ2) is 7.69. The molecular weight excluding hydrogens is 302 g/mol. The zero-order valence-electron chi connectivity index (χ0n) is 12.9. The zero-order chi connectivity index (χ0) is 16.0. The van der Waals surface area contributed by atoms with E-state index in [1.165, 1.54) is 4.31 Å². The molecule has 2 heterocycles. The fraction of sp³-hybridized carbons (Fsp3) is 0.600. The molecule has 0 atom stereocenters. The second-order valence-corrected chi connectivity index (χ2v) is 7.68. The summed E-state index contributed by atoms with van der Waals surface area (Å²) in [6.07, 6.45) is 6.08. The number of likely N-dealkylation sites (N-methyl/N-ethyl adjacent to an activating group) is 1. The van der Waals surface area contributed by atoms with E-state index >= 15 is 0 Å². The van der Waals surface area contributed by atoms with E-state index in [-0.39, 0.29) is 18.1 Å². The number of carbonyl (C=O) groups excluding carboxylic acids is 1. The first-order chi connectivity index (χ1) is 10.5. The van der Waals surface area contributed by atoms with Gasteiger partial charge in [-0.05, 0) is 37.0 Å². The summed E-state index contributed by atoms with van der Waals surface area (Å²) in [6.45, 7) is 1.45. The van der Waals surface area contributed by atoms with Gasteiger partial charge in [-0.15, -0.1) is 0 Å². The Balaban J connectivity index is 1.76. The molecule has 7 heteroatoms. The van der Waals surface area contributed by atoms with Crippen molar-refractivity contribution in [2.24, 2.45) is 0 Å². The first-order valence-electron chi connectivity index (χ1n) is 7.60. The number of sulfonamides is 1. The van der Waals surface area contributed by atoms with Gasteiger partial charge in [-0.2, -0.15) is 0 Å². The molecule has 0 aliphatic carbocycles. The summed E-state index contributed by atoms with van der Waals surface area (Å²) < 4.78 is 25.2. The fourth-order valence-corrected chi connectivity index (χ4v) is 4.08. The lowest BCUT2D eigenvalue weighted by molar-refractivity contribution is -0.130. The smallest absolute Gasteiger partial charge is 0.223 e. The Labute approximate surface area is 132 Å². The molecule has 2 rings (SSSR count). The quantitative estimate of drug-likeness (QED) is 0.779. The van der Waals surface area contributed by atoms with Gasteiger partial charge in [0, 0.05) is 45.5 Å². The summed E-state index contributed by atoms with van der Waals surface area (Å²) >= 11 is 0. The van der Waals surface area contributed by atoms with E-state index in [1.807, 2.05) is 12.1 Å². The largest absolute Gasteiger partial charge is 0.345 e. The maximum atomic E-state index is 12.1. The number of nitrogens with zero attached hydrogens (tertiary/aromatic N) is 3. The standard InChI is InChI=1S/C15H23N3O3S/c1-17(11-6-14-4-8-16-9-5-14)15(19)7-12-18-10-2-3-13-22(18,20)21/h4-5,8-9H,2-3,6-7,10-13H2,1H3. The number of pyridine rings is 1. The molecule has 1 aliphatic rings. The van der Waals surface area contributed by atoms with Crippen LogP contribution in [0.25, 0.3) is 0 Å². The normalized spacial score (nSPS) is 18.0. The van der Waals surface area contributed by atoms with E-state index in [0.717, 1.165) is 24.8 Å². The van der Waals surface area contributed by atoms with Crippen molar-refractivity contribution in [3.05, 3.63) is 30.1 Å². The molecule has 1 aromatic rings. The summed E-state index contributed by atoms with van der Waals surface area (Å²) in [5.41, 5.74) is 1.13. The minimum absolute atomic E-state index is 0.0187. The summed E-state index contributed by atoms with van der Waals surface area (Å²) in [7, 11) is -1.39. The van der Waals surface area contributed by atoms with Gasteiger partial charge in [0.05, 0.1) is 5.75 Å². The SMILES string of the molecule is CN(CCc1ccncc1)C(=O)CCN1CCCCS1(=O)=O. The van der Waals surface area contributed by atoms with Crippen LogP contribution in [0.4, 0.5) is 0 Å². The van der Waals surface area contributed by atoms with Crippen molar-refractivity contribution in [1.82, 2.24) is 14.2 Å². The number of amides is 1. The van der Waals surface area contributed by atoms with E-state index in [4.69, 9.17) is 0 Å². The van der Waals surface area contributed by atoms with Crippen LogP contribution in [0.2, 0.25) is 0 Å². The Bertz CT molecular complexity index is 589. The fourth-order valence-electron chi connectivity index (χ4n) is 2.47. The second-order valence-electron chi connectivity index (χ2n) is 5.59. The number of hydrogen-bond acceptors (Lipinski definition) is 4. The number of hydrogen-bond donors (Lipinski definition) is 0. The van der Waals surface area contributed by atoms with Gasteiger partial charge >= 0.3 is 0 Å². The molecule has 0 radical (unpaired) electrons. The van der Waals surface area contributed by atoms with Crippen LogP contribution in [0, 0.1) is 0 Å². The molecule has 6 nitrogen and oxygen atoms in total. The molecule has 122 valence electrons. The highest BCUT2D eigenvalue weighted by molar-refractivity contribution is 7.89. The Morgan fingerprint density at radius 1 is 1.32 bits per heavy atom. The van der Waals surface area contributed by atoms with E-state index in [2.05, 4.69) is 4.98 Å². The predicted molar refractivity (Wildman–Crippen MR) is 84.8 cm³/mol. The minimum atomic E-state index is -3.14. The monoisotopic (exact) mass is 325 g/mol. The molecule has 1 saturated heterocycles. The van der Waals surface area contributed by atoms with Gasteiger partial charge in [0.1, 0.15) is 0 Å². The van der Waals surface area contributed by atoms with Gasteiger partial charge in [0.15, 0.2) is 0 Å². The van der Waals surface area contributed by atoms with Crippen LogP contribution >= 0.6 is 0 Å². The molecule has 0 bridgehead atoms. The summed E-state index contributed by atoms with van der Waals surface area (Å²) in [5.74, 6) is 0.189. The third-order valence-electron chi connectivity index (χ3n) is 3.94. The topological polar surface area (TPSA) is 70.6 Å². The Hall–Kier alpha value is -1.47.